The fraction of sp³-hybridized carbons (Fsp3) is 0.533. The number of ketones is 1. The molecule has 0 atom stereocenters. The third-order valence-corrected chi connectivity index (χ3v) is 3.95. The van der Waals surface area contributed by atoms with Crippen LogP contribution in [0.3, 0.4) is 0 Å². The highest BCUT2D eigenvalue weighted by Gasteiger charge is 2.44. The van der Waals surface area contributed by atoms with Crippen molar-refractivity contribution in [1.82, 2.24) is 0 Å². The zero-order valence-electron chi connectivity index (χ0n) is 10.2. The fourth-order valence-electron chi connectivity index (χ4n) is 2.64. The normalized spacial score (nSPS) is 16.1. The maximum absolute atomic E-state index is 12.5. The summed E-state index contributed by atoms with van der Waals surface area (Å²) in [5.74, 6) is 0.823. The van der Waals surface area contributed by atoms with Crippen molar-refractivity contribution in [3.05, 3.63) is 35.9 Å². The van der Waals surface area contributed by atoms with E-state index in [1.165, 1.54) is 5.56 Å². The summed E-state index contributed by atoms with van der Waals surface area (Å²) in [6, 6.07) is 10.3. The molecule has 0 aromatic heterocycles. The number of carbonyl (C=O) groups excluding carboxylic acids is 1. The SMILES string of the molecule is CCC(CC)(C(=O)C1CC1)c1ccccc1. The number of benzene rings is 1. The van der Waals surface area contributed by atoms with Crippen LogP contribution in [-0.2, 0) is 10.2 Å². The summed E-state index contributed by atoms with van der Waals surface area (Å²) in [6.45, 7) is 4.27. The van der Waals surface area contributed by atoms with E-state index >= 15 is 0 Å². The van der Waals surface area contributed by atoms with Crippen LogP contribution in [-0.4, -0.2) is 5.78 Å². The molecule has 0 spiro atoms. The average molecular weight is 216 g/mol. The van der Waals surface area contributed by atoms with Crippen LogP contribution >= 0.6 is 0 Å². The molecule has 0 heterocycles. The molecule has 1 nitrogen and oxygen atoms in total. The van der Waals surface area contributed by atoms with Gasteiger partial charge in [0.1, 0.15) is 5.78 Å². The molecule has 86 valence electrons. The van der Waals surface area contributed by atoms with Gasteiger partial charge in [0.2, 0.25) is 0 Å². The lowest BCUT2D eigenvalue weighted by molar-refractivity contribution is -0.126. The average Bonchev–Trinajstić information content (AvgIpc) is 3.16. The Bertz CT molecular complexity index is 358. The zero-order valence-corrected chi connectivity index (χ0v) is 10.2. The minimum absolute atomic E-state index is 0.220. The van der Waals surface area contributed by atoms with Gasteiger partial charge in [-0.3, -0.25) is 4.79 Å². The van der Waals surface area contributed by atoms with Crippen molar-refractivity contribution in [2.24, 2.45) is 5.92 Å². The molecule has 1 aromatic rings. The summed E-state index contributed by atoms with van der Waals surface area (Å²) in [5.41, 5.74) is 0.986. The van der Waals surface area contributed by atoms with Gasteiger partial charge in [-0.15, -0.1) is 0 Å². The smallest absolute Gasteiger partial charge is 0.146 e. The second-order valence-corrected chi connectivity index (χ2v) is 4.79. The first-order chi connectivity index (χ1) is 7.74. The lowest BCUT2D eigenvalue weighted by atomic mass is 9.71. The molecule has 1 aliphatic carbocycles. The van der Waals surface area contributed by atoms with E-state index in [-0.39, 0.29) is 5.41 Å². The van der Waals surface area contributed by atoms with E-state index in [9.17, 15) is 4.79 Å². The van der Waals surface area contributed by atoms with Gasteiger partial charge in [0, 0.05) is 5.92 Å². The number of rotatable bonds is 5. The summed E-state index contributed by atoms with van der Waals surface area (Å²) < 4.78 is 0. The molecule has 0 unspecified atom stereocenters. The van der Waals surface area contributed by atoms with Crippen molar-refractivity contribution < 1.29 is 4.79 Å². The topological polar surface area (TPSA) is 17.1 Å². The highest BCUT2D eigenvalue weighted by atomic mass is 16.1. The number of hydrogen-bond acceptors (Lipinski definition) is 1. The molecule has 0 amide bonds. The molecule has 1 aromatic carbocycles. The van der Waals surface area contributed by atoms with Crippen molar-refractivity contribution in [2.75, 3.05) is 0 Å². The van der Waals surface area contributed by atoms with Gasteiger partial charge in [0.15, 0.2) is 0 Å². The van der Waals surface area contributed by atoms with E-state index < -0.39 is 0 Å². The van der Waals surface area contributed by atoms with Crippen LogP contribution in [0.4, 0.5) is 0 Å². The van der Waals surface area contributed by atoms with Gasteiger partial charge in [-0.05, 0) is 31.2 Å². The molecule has 2 rings (SSSR count). The number of hydrogen-bond donors (Lipinski definition) is 0. The van der Waals surface area contributed by atoms with E-state index in [0.29, 0.717) is 11.7 Å². The van der Waals surface area contributed by atoms with E-state index in [1.54, 1.807) is 0 Å². The zero-order chi connectivity index (χ0) is 11.6. The van der Waals surface area contributed by atoms with Gasteiger partial charge in [-0.1, -0.05) is 44.2 Å². The largest absolute Gasteiger partial charge is 0.298 e. The molecule has 0 aliphatic heterocycles. The Balaban J connectivity index is 2.37. The fourth-order valence-corrected chi connectivity index (χ4v) is 2.64. The molecule has 1 saturated carbocycles. The minimum Gasteiger partial charge on any atom is -0.298 e. The minimum atomic E-state index is -0.220. The van der Waals surface area contributed by atoms with Crippen LogP contribution < -0.4 is 0 Å². The summed E-state index contributed by atoms with van der Waals surface area (Å²) >= 11 is 0. The Hall–Kier alpha value is -1.11. The maximum Gasteiger partial charge on any atom is 0.146 e. The predicted molar refractivity (Wildman–Crippen MR) is 66.4 cm³/mol. The molecule has 0 bridgehead atoms. The molecular formula is C15H20O. The molecule has 0 radical (unpaired) electrons. The van der Waals surface area contributed by atoms with Crippen molar-refractivity contribution in [2.45, 2.75) is 44.9 Å². The Morgan fingerprint density at radius 3 is 2.19 bits per heavy atom. The first-order valence-corrected chi connectivity index (χ1v) is 6.34. The van der Waals surface area contributed by atoms with Crippen molar-refractivity contribution in [3.8, 4) is 0 Å². The lowest BCUT2D eigenvalue weighted by Gasteiger charge is -2.31. The first-order valence-electron chi connectivity index (χ1n) is 6.34. The van der Waals surface area contributed by atoms with Gasteiger partial charge < -0.3 is 0 Å². The van der Waals surface area contributed by atoms with E-state index in [1.807, 2.05) is 18.2 Å². The maximum atomic E-state index is 12.5. The third-order valence-electron chi connectivity index (χ3n) is 3.95. The second kappa shape index (κ2) is 4.40. The van der Waals surface area contributed by atoms with Crippen LogP contribution in [0.1, 0.15) is 45.1 Å². The van der Waals surface area contributed by atoms with Crippen LogP contribution in [0.15, 0.2) is 30.3 Å². The van der Waals surface area contributed by atoms with Gasteiger partial charge in [-0.25, -0.2) is 0 Å². The molecule has 0 saturated heterocycles. The molecular weight excluding hydrogens is 196 g/mol. The predicted octanol–water partition coefficient (Wildman–Crippen LogP) is 3.72. The first kappa shape index (κ1) is 11.4. The number of Topliss-reactive ketones (excluding diaryl/α,β-unsaturated/α-hetero) is 1. The molecule has 0 N–H and O–H groups in total. The molecule has 1 heteroatoms. The Morgan fingerprint density at radius 2 is 1.75 bits per heavy atom. The quantitative estimate of drug-likeness (QED) is 0.733. The van der Waals surface area contributed by atoms with Gasteiger partial charge in [-0.2, -0.15) is 0 Å². The number of carbonyl (C=O) groups is 1. The van der Waals surface area contributed by atoms with Crippen molar-refractivity contribution in [3.63, 3.8) is 0 Å². The van der Waals surface area contributed by atoms with Crippen LogP contribution in [0.5, 0.6) is 0 Å². The van der Waals surface area contributed by atoms with Crippen LogP contribution in [0.2, 0.25) is 0 Å². The standard InChI is InChI=1S/C15H20O/c1-3-15(4-2,14(16)12-10-11-12)13-8-6-5-7-9-13/h5-9,12H,3-4,10-11H2,1-2H3. The summed E-state index contributed by atoms with van der Waals surface area (Å²) in [4.78, 5) is 12.5. The van der Waals surface area contributed by atoms with Gasteiger partial charge in [0.05, 0.1) is 5.41 Å². The van der Waals surface area contributed by atoms with E-state index in [0.717, 1.165) is 25.7 Å². The Morgan fingerprint density at radius 1 is 1.19 bits per heavy atom. The molecule has 16 heavy (non-hydrogen) atoms. The summed E-state index contributed by atoms with van der Waals surface area (Å²) in [6.07, 6.45) is 4.05. The highest BCUT2D eigenvalue weighted by Crippen LogP contribution is 2.42. The summed E-state index contributed by atoms with van der Waals surface area (Å²) in [5, 5.41) is 0. The van der Waals surface area contributed by atoms with Crippen LogP contribution in [0.25, 0.3) is 0 Å². The Labute approximate surface area is 97.9 Å². The van der Waals surface area contributed by atoms with Gasteiger partial charge >= 0.3 is 0 Å². The second-order valence-electron chi connectivity index (χ2n) is 4.79. The van der Waals surface area contributed by atoms with Crippen molar-refractivity contribution in [1.29, 1.82) is 0 Å². The highest BCUT2D eigenvalue weighted by molar-refractivity contribution is 5.93. The van der Waals surface area contributed by atoms with Gasteiger partial charge in [0.25, 0.3) is 0 Å². The molecule has 1 fully saturated rings. The Kier molecular flexibility index (Phi) is 3.13. The third kappa shape index (κ3) is 1.79. The van der Waals surface area contributed by atoms with Crippen LogP contribution in [0, 0.1) is 5.92 Å². The molecule has 1 aliphatic rings. The van der Waals surface area contributed by atoms with E-state index in [4.69, 9.17) is 0 Å². The lowest BCUT2D eigenvalue weighted by Crippen LogP contribution is -2.35. The van der Waals surface area contributed by atoms with Crippen molar-refractivity contribution >= 4 is 5.78 Å². The monoisotopic (exact) mass is 216 g/mol. The summed E-state index contributed by atoms with van der Waals surface area (Å²) in [7, 11) is 0. The van der Waals surface area contributed by atoms with E-state index in [2.05, 4.69) is 26.0 Å².